The van der Waals surface area contributed by atoms with Crippen molar-refractivity contribution in [1.29, 1.82) is 0 Å². The van der Waals surface area contributed by atoms with E-state index in [9.17, 15) is 4.39 Å². The molecule has 2 aromatic carbocycles. The highest BCUT2D eigenvalue weighted by molar-refractivity contribution is 6.35. The van der Waals surface area contributed by atoms with Crippen LogP contribution in [-0.2, 0) is 0 Å². The molecular weight excluding hydrogens is 302 g/mol. The van der Waals surface area contributed by atoms with Gasteiger partial charge in [0, 0.05) is 10.6 Å². The smallest absolute Gasteiger partial charge is 0.249 e. The molecular formula is C14H7Cl2FN2O. The van der Waals surface area contributed by atoms with Gasteiger partial charge in [0.25, 0.3) is 0 Å². The molecule has 3 nitrogen and oxygen atoms in total. The van der Waals surface area contributed by atoms with E-state index in [2.05, 4.69) is 10.2 Å². The van der Waals surface area contributed by atoms with E-state index in [1.54, 1.807) is 30.3 Å². The highest BCUT2D eigenvalue weighted by Gasteiger charge is 2.14. The quantitative estimate of drug-likeness (QED) is 0.679. The highest BCUT2D eigenvalue weighted by Crippen LogP contribution is 2.31. The van der Waals surface area contributed by atoms with Crippen LogP contribution in [0, 0.1) is 5.82 Å². The van der Waals surface area contributed by atoms with Crippen LogP contribution in [0.1, 0.15) is 0 Å². The van der Waals surface area contributed by atoms with E-state index in [1.165, 1.54) is 12.1 Å². The van der Waals surface area contributed by atoms with Crippen LogP contribution >= 0.6 is 23.2 Å². The van der Waals surface area contributed by atoms with Crippen molar-refractivity contribution in [3.8, 4) is 22.9 Å². The monoisotopic (exact) mass is 308 g/mol. The Morgan fingerprint density at radius 1 is 0.950 bits per heavy atom. The van der Waals surface area contributed by atoms with Gasteiger partial charge < -0.3 is 4.42 Å². The molecule has 0 fully saturated rings. The van der Waals surface area contributed by atoms with E-state index in [0.29, 0.717) is 21.2 Å². The number of rotatable bonds is 2. The number of hydrogen-bond acceptors (Lipinski definition) is 3. The Morgan fingerprint density at radius 3 is 2.55 bits per heavy atom. The third-order valence-corrected chi connectivity index (χ3v) is 3.22. The summed E-state index contributed by atoms with van der Waals surface area (Å²) in [6.45, 7) is 0. The van der Waals surface area contributed by atoms with Crippen molar-refractivity contribution in [2.75, 3.05) is 0 Å². The zero-order valence-corrected chi connectivity index (χ0v) is 11.5. The van der Waals surface area contributed by atoms with Crippen molar-refractivity contribution in [2.24, 2.45) is 0 Å². The minimum absolute atomic E-state index is 0.218. The summed E-state index contributed by atoms with van der Waals surface area (Å²) in [4.78, 5) is 0. The largest absolute Gasteiger partial charge is 0.416 e. The molecule has 0 saturated heterocycles. The lowest BCUT2D eigenvalue weighted by molar-refractivity contribution is 0.582. The van der Waals surface area contributed by atoms with Crippen LogP contribution in [0.15, 0.2) is 46.9 Å². The maximum absolute atomic E-state index is 13.2. The molecule has 0 aliphatic carbocycles. The molecule has 1 heterocycles. The van der Waals surface area contributed by atoms with Crippen LogP contribution in [0.3, 0.4) is 0 Å². The molecule has 3 aromatic rings. The van der Waals surface area contributed by atoms with Crippen molar-refractivity contribution in [3.63, 3.8) is 0 Å². The Balaban J connectivity index is 2.04. The van der Waals surface area contributed by atoms with Gasteiger partial charge in [-0.15, -0.1) is 10.2 Å². The lowest BCUT2D eigenvalue weighted by atomic mass is 10.2. The summed E-state index contributed by atoms with van der Waals surface area (Å²) in [5.74, 6) is 0.0790. The Hall–Kier alpha value is -1.91. The predicted molar refractivity (Wildman–Crippen MR) is 75.1 cm³/mol. The summed E-state index contributed by atoms with van der Waals surface area (Å²) >= 11 is 12.0. The van der Waals surface area contributed by atoms with Crippen LogP contribution in [0.4, 0.5) is 4.39 Å². The van der Waals surface area contributed by atoms with Gasteiger partial charge in [0.15, 0.2) is 0 Å². The molecule has 0 amide bonds. The first-order valence-corrected chi connectivity index (χ1v) is 6.44. The van der Waals surface area contributed by atoms with Crippen LogP contribution in [0.25, 0.3) is 22.9 Å². The van der Waals surface area contributed by atoms with Gasteiger partial charge in [-0.3, -0.25) is 0 Å². The van der Waals surface area contributed by atoms with Crippen molar-refractivity contribution in [1.82, 2.24) is 10.2 Å². The molecule has 0 saturated carbocycles. The molecule has 20 heavy (non-hydrogen) atoms. The van der Waals surface area contributed by atoms with Crippen molar-refractivity contribution >= 4 is 23.2 Å². The minimum atomic E-state index is -0.372. The first-order chi connectivity index (χ1) is 9.63. The molecule has 0 bridgehead atoms. The van der Waals surface area contributed by atoms with Gasteiger partial charge in [0.2, 0.25) is 11.8 Å². The topological polar surface area (TPSA) is 38.9 Å². The molecule has 0 radical (unpaired) electrons. The van der Waals surface area contributed by atoms with E-state index < -0.39 is 0 Å². The molecule has 0 N–H and O–H groups in total. The predicted octanol–water partition coefficient (Wildman–Crippen LogP) is 4.85. The molecule has 100 valence electrons. The third kappa shape index (κ3) is 2.53. The summed E-state index contributed by atoms with van der Waals surface area (Å²) in [5, 5.41) is 8.76. The number of nitrogens with zero attached hydrogens (tertiary/aromatic N) is 2. The summed E-state index contributed by atoms with van der Waals surface area (Å²) in [6.07, 6.45) is 0. The summed E-state index contributed by atoms with van der Waals surface area (Å²) in [7, 11) is 0. The lowest BCUT2D eigenvalue weighted by Crippen LogP contribution is -1.80. The highest BCUT2D eigenvalue weighted by atomic mass is 35.5. The van der Waals surface area contributed by atoms with Crippen LogP contribution < -0.4 is 0 Å². The van der Waals surface area contributed by atoms with Crippen LogP contribution in [0.2, 0.25) is 10.0 Å². The van der Waals surface area contributed by atoms with Crippen molar-refractivity contribution in [3.05, 3.63) is 58.3 Å². The van der Waals surface area contributed by atoms with E-state index >= 15 is 0 Å². The molecule has 1 aromatic heterocycles. The number of aromatic nitrogens is 2. The molecule has 6 heteroatoms. The molecule has 0 spiro atoms. The molecule has 3 rings (SSSR count). The number of hydrogen-bond donors (Lipinski definition) is 0. The minimum Gasteiger partial charge on any atom is -0.416 e. The first kappa shape index (κ1) is 13.1. The number of halogens is 3. The second-order valence-corrected chi connectivity index (χ2v) is 4.89. The molecule has 0 unspecified atom stereocenters. The Morgan fingerprint density at radius 2 is 1.75 bits per heavy atom. The van der Waals surface area contributed by atoms with Gasteiger partial charge in [-0.2, -0.15) is 0 Å². The molecule has 0 aliphatic rings. The average Bonchev–Trinajstić information content (AvgIpc) is 2.91. The van der Waals surface area contributed by atoms with Crippen molar-refractivity contribution < 1.29 is 8.81 Å². The summed E-state index contributed by atoms with van der Waals surface area (Å²) in [6, 6.07) is 10.8. The fraction of sp³-hybridized carbons (Fsp3) is 0. The second-order valence-electron chi connectivity index (χ2n) is 4.05. The second kappa shape index (κ2) is 5.23. The van der Waals surface area contributed by atoms with Crippen LogP contribution in [0.5, 0.6) is 0 Å². The van der Waals surface area contributed by atoms with Gasteiger partial charge in [-0.25, -0.2) is 4.39 Å². The van der Waals surface area contributed by atoms with Crippen LogP contribution in [-0.4, -0.2) is 10.2 Å². The lowest BCUT2D eigenvalue weighted by Gasteiger charge is -1.99. The van der Waals surface area contributed by atoms with E-state index in [0.717, 1.165) is 0 Å². The first-order valence-electron chi connectivity index (χ1n) is 5.68. The zero-order chi connectivity index (χ0) is 14.1. The standard InChI is InChI=1S/C14H7Cl2FN2O/c15-9-4-5-12(16)11(7-9)14-19-18-13(20-14)8-2-1-3-10(17)6-8/h1-7H. The van der Waals surface area contributed by atoms with E-state index in [1.807, 2.05) is 0 Å². The maximum Gasteiger partial charge on any atom is 0.249 e. The Kier molecular flexibility index (Phi) is 3.42. The number of benzene rings is 2. The maximum atomic E-state index is 13.2. The van der Waals surface area contributed by atoms with Crippen molar-refractivity contribution in [2.45, 2.75) is 0 Å². The summed E-state index contributed by atoms with van der Waals surface area (Å²) < 4.78 is 18.7. The fourth-order valence-electron chi connectivity index (χ4n) is 1.73. The average molecular weight is 309 g/mol. The van der Waals surface area contributed by atoms with Gasteiger partial charge >= 0.3 is 0 Å². The van der Waals surface area contributed by atoms with Gasteiger partial charge in [0.05, 0.1) is 10.6 Å². The molecule has 0 atom stereocenters. The zero-order valence-electron chi connectivity index (χ0n) is 9.98. The Labute approximate surface area is 124 Å². The van der Waals surface area contributed by atoms with Gasteiger partial charge in [-0.1, -0.05) is 29.3 Å². The summed E-state index contributed by atoms with van der Waals surface area (Å²) in [5.41, 5.74) is 1.04. The van der Waals surface area contributed by atoms with Gasteiger partial charge in [0.1, 0.15) is 5.82 Å². The van der Waals surface area contributed by atoms with Gasteiger partial charge in [-0.05, 0) is 36.4 Å². The Bertz CT molecular complexity index is 773. The van der Waals surface area contributed by atoms with E-state index in [-0.39, 0.29) is 17.6 Å². The molecule has 0 aliphatic heterocycles. The normalized spacial score (nSPS) is 10.8. The van der Waals surface area contributed by atoms with E-state index in [4.69, 9.17) is 27.6 Å². The third-order valence-electron chi connectivity index (χ3n) is 2.66. The SMILES string of the molecule is Fc1cccc(-c2nnc(-c3cc(Cl)ccc3Cl)o2)c1. The fourth-order valence-corrected chi connectivity index (χ4v) is 2.10.